The zero-order chi connectivity index (χ0) is 18.3. The van der Waals surface area contributed by atoms with Crippen molar-refractivity contribution < 1.29 is 23.9 Å². The summed E-state index contributed by atoms with van der Waals surface area (Å²) in [6.45, 7) is 7.60. The number of carboxylic acids is 1. The quantitative estimate of drug-likeness (QED) is 0.638. The van der Waals surface area contributed by atoms with Crippen molar-refractivity contribution >= 4 is 17.8 Å². The van der Waals surface area contributed by atoms with Crippen LogP contribution in [0.15, 0.2) is 22.8 Å². The van der Waals surface area contributed by atoms with Crippen molar-refractivity contribution in [2.24, 2.45) is 11.8 Å². The summed E-state index contributed by atoms with van der Waals surface area (Å²) in [5.41, 5.74) is 0. The maximum absolute atomic E-state index is 12.5. The number of carboxylic acid groups (broad SMARTS) is 1. The Labute approximate surface area is 141 Å². The molecule has 1 aromatic heterocycles. The van der Waals surface area contributed by atoms with Gasteiger partial charge in [0.25, 0.3) is 5.91 Å². The number of nitrogens with one attached hydrogen (secondary N) is 2. The first-order chi connectivity index (χ1) is 11.2. The molecule has 7 nitrogen and oxygen atoms in total. The van der Waals surface area contributed by atoms with Gasteiger partial charge in [-0.25, -0.2) is 4.79 Å². The molecule has 0 aliphatic carbocycles. The molecule has 0 spiro atoms. The predicted octanol–water partition coefficient (Wildman–Crippen LogP) is 2.04. The Kier molecular flexibility index (Phi) is 7.48. The van der Waals surface area contributed by atoms with E-state index in [9.17, 15) is 19.5 Å². The van der Waals surface area contributed by atoms with E-state index in [2.05, 4.69) is 10.6 Å². The molecule has 0 aliphatic heterocycles. The Balaban J connectivity index is 2.80. The smallest absolute Gasteiger partial charge is 0.326 e. The van der Waals surface area contributed by atoms with Gasteiger partial charge in [-0.05, 0) is 36.8 Å². The van der Waals surface area contributed by atoms with E-state index in [-0.39, 0.29) is 17.6 Å². The van der Waals surface area contributed by atoms with Crippen LogP contribution in [0.4, 0.5) is 0 Å². The van der Waals surface area contributed by atoms with E-state index in [0.29, 0.717) is 12.8 Å². The molecule has 1 heterocycles. The lowest BCUT2D eigenvalue weighted by molar-refractivity contribution is -0.142. The number of carbonyl (C=O) groups is 3. The lowest BCUT2D eigenvalue weighted by Gasteiger charge is -2.23. The molecule has 24 heavy (non-hydrogen) atoms. The lowest BCUT2D eigenvalue weighted by atomic mass is 10.0. The van der Waals surface area contributed by atoms with Gasteiger partial charge in [0.05, 0.1) is 6.26 Å². The maximum Gasteiger partial charge on any atom is 0.326 e. The van der Waals surface area contributed by atoms with Crippen molar-refractivity contribution in [2.75, 3.05) is 0 Å². The number of furan rings is 1. The Morgan fingerprint density at radius 3 is 2.08 bits per heavy atom. The summed E-state index contributed by atoms with van der Waals surface area (Å²) in [5.74, 6) is -1.72. The van der Waals surface area contributed by atoms with Gasteiger partial charge in [0.15, 0.2) is 5.76 Å². The molecule has 2 amide bonds. The largest absolute Gasteiger partial charge is 0.480 e. The first-order valence-electron chi connectivity index (χ1n) is 8.08. The van der Waals surface area contributed by atoms with Crippen molar-refractivity contribution in [3.05, 3.63) is 24.2 Å². The summed E-state index contributed by atoms with van der Waals surface area (Å²) in [4.78, 5) is 35.9. The topological polar surface area (TPSA) is 109 Å². The molecule has 1 aromatic rings. The molecule has 0 saturated carbocycles. The zero-order valence-corrected chi connectivity index (χ0v) is 14.5. The highest BCUT2D eigenvalue weighted by atomic mass is 16.4. The molecule has 0 radical (unpaired) electrons. The van der Waals surface area contributed by atoms with Crippen molar-refractivity contribution in [3.8, 4) is 0 Å². The zero-order valence-electron chi connectivity index (χ0n) is 14.5. The molecule has 0 fully saturated rings. The van der Waals surface area contributed by atoms with Crippen LogP contribution in [0.2, 0.25) is 0 Å². The number of rotatable bonds is 9. The van der Waals surface area contributed by atoms with Crippen LogP contribution in [0.25, 0.3) is 0 Å². The molecule has 0 saturated heterocycles. The average Bonchev–Trinajstić information content (AvgIpc) is 2.98. The van der Waals surface area contributed by atoms with Crippen molar-refractivity contribution in [2.45, 2.75) is 52.6 Å². The van der Waals surface area contributed by atoms with Gasteiger partial charge in [-0.1, -0.05) is 27.7 Å². The van der Waals surface area contributed by atoms with E-state index in [4.69, 9.17) is 4.42 Å². The molecule has 0 aromatic carbocycles. The minimum atomic E-state index is -1.09. The fourth-order valence-electron chi connectivity index (χ4n) is 2.31. The minimum absolute atomic E-state index is 0.105. The highest BCUT2D eigenvalue weighted by Gasteiger charge is 2.28. The third-order valence-electron chi connectivity index (χ3n) is 3.40. The number of hydrogen-bond acceptors (Lipinski definition) is 4. The van der Waals surface area contributed by atoms with Crippen LogP contribution < -0.4 is 10.6 Å². The van der Waals surface area contributed by atoms with Gasteiger partial charge < -0.3 is 20.2 Å². The maximum atomic E-state index is 12.5. The van der Waals surface area contributed by atoms with Gasteiger partial charge in [-0.2, -0.15) is 0 Å². The van der Waals surface area contributed by atoms with E-state index >= 15 is 0 Å². The Morgan fingerprint density at radius 2 is 1.62 bits per heavy atom. The second-order valence-corrected chi connectivity index (χ2v) is 6.66. The van der Waals surface area contributed by atoms with E-state index in [0.717, 1.165) is 0 Å². The lowest BCUT2D eigenvalue weighted by Crippen LogP contribution is -2.52. The molecule has 134 valence electrons. The van der Waals surface area contributed by atoms with Gasteiger partial charge in [-0.3, -0.25) is 9.59 Å². The van der Waals surface area contributed by atoms with E-state index in [1.54, 1.807) is 6.07 Å². The molecule has 3 N–H and O–H groups in total. The van der Waals surface area contributed by atoms with Crippen LogP contribution in [-0.4, -0.2) is 35.0 Å². The third kappa shape index (κ3) is 6.44. The first kappa shape index (κ1) is 19.7. The summed E-state index contributed by atoms with van der Waals surface area (Å²) in [6, 6.07) is 1.28. The average molecular weight is 338 g/mol. The van der Waals surface area contributed by atoms with Gasteiger partial charge in [-0.15, -0.1) is 0 Å². The van der Waals surface area contributed by atoms with Crippen molar-refractivity contribution in [1.29, 1.82) is 0 Å². The predicted molar refractivity (Wildman–Crippen MR) is 88.4 cm³/mol. The summed E-state index contributed by atoms with van der Waals surface area (Å²) in [6.07, 6.45) is 2.09. The molecule has 0 aliphatic rings. The molecule has 1 rings (SSSR count). The Hall–Kier alpha value is -2.31. The fraction of sp³-hybridized carbons (Fsp3) is 0.588. The molecule has 0 unspecified atom stereocenters. The normalized spacial score (nSPS) is 13.6. The second kappa shape index (κ2) is 9.10. The van der Waals surface area contributed by atoms with Crippen LogP contribution in [0.5, 0.6) is 0 Å². The fourth-order valence-corrected chi connectivity index (χ4v) is 2.31. The molecular weight excluding hydrogens is 312 g/mol. The molecule has 0 bridgehead atoms. The van der Waals surface area contributed by atoms with E-state index in [1.807, 2.05) is 27.7 Å². The van der Waals surface area contributed by atoms with Crippen LogP contribution in [0, 0.1) is 11.8 Å². The third-order valence-corrected chi connectivity index (χ3v) is 3.40. The molecular formula is C17H26N2O5. The molecule has 2 atom stereocenters. The van der Waals surface area contributed by atoms with Crippen molar-refractivity contribution in [1.82, 2.24) is 10.6 Å². The SMILES string of the molecule is CC(C)C[C@H](NC(=O)c1ccco1)C(=O)N[C@H](CC(C)C)C(=O)O. The Bertz CT molecular complexity index is 551. The Morgan fingerprint density at radius 1 is 1.04 bits per heavy atom. The van der Waals surface area contributed by atoms with E-state index in [1.165, 1.54) is 12.3 Å². The first-order valence-corrected chi connectivity index (χ1v) is 8.08. The van der Waals surface area contributed by atoms with Crippen LogP contribution >= 0.6 is 0 Å². The number of aliphatic carboxylic acids is 1. The van der Waals surface area contributed by atoms with Crippen LogP contribution in [0.1, 0.15) is 51.1 Å². The van der Waals surface area contributed by atoms with Gasteiger partial charge >= 0.3 is 5.97 Å². The monoisotopic (exact) mass is 338 g/mol. The minimum Gasteiger partial charge on any atom is -0.480 e. The summed E-state index contributed by atoms with van der Waals surface area (Å²) in [5, 5.41) is 14.4. The van der Waals surface area contributed by atoms with Crippen molar-refractivity contribution in [3.63, 3.8) is 0 Å². The number of hydrogen-bond donors (Lipinski definition) is 3. The summed E-state index contributed by atoms with van der Waals surface area (Å²) < 4.78 is 5.01. The molecule has 7 heteroatoms. The highest BCUT2D eigenvalue weighted by Crippen LogP contribution is 2.10. The van der Waals surface area contributed by atoms with Gasteiger partial charge in [0.2, 0.25) is 5.91 Å². The van der Waals surface area contributed by atoms with Crippen LogP contribution in [-0.2, 0) is 9.59 Å². The second-order valence-electron chi connectivity index (χ2n) is 6.66. The number of carbonyl (C=O) groups excluding carboxylic acids is 2. The highest BCUT2D eigenvalue weighted by molar-refractivity contribution is 5.96. The van der Waals surface area contributed by atoms with E-state index < -0.39 is 29.9 Å². The van der Waals surface area contributed by atoms with Gasteiger partial charge in [0, 0.05) is 0 Å². The number of amides is 2. The summed E-state index contributed by atoms with van der Waals surface area (Å²) in [7, 11) is 0. The van der Waals surface area contributed by atoms with Crippen LogP contribution in [0.3, 0.4) is 0 Å². The summed E-state index contributed by atoms with van der Waals surface area (Å²) >= 11 is 0. The van der Waals surface area contributed by atoms with Gasteiger partial charge in [0.1, 0.15) is 12.1 Å². The standard InChI is InChI=1S/C17H26N2O5/c1-10(2)8-12(18-16(21)14-6-5-7-24-14)15(20)19-13(17(22)23)9-11(3)4/h5-7,10-13H,8-9H2,1-4H3,(H,18,21)(H,19,20)(H,22,23)/t12-,13+/m0/s1.